The zero-order valence-corrected chi connectivity index (χ0v) is 20.8. The van der Waals surface area contributed by atoms with Crippen molar-refractivity contribution in [2.45, 2.75) is 9.79 Å². The number of sulfonamides is 2. The summed E-state index contributed by atoms with van der Waals surface area (Å²) in [5.41, 5.74) is -0.0850. The van der Waals surface area contributed by atoms with E-state index in [1.54, 1.807) is 6.07 Å². The van der Waals surface area contributed by atoms with Crippen molar-refractivity contribution in [1.82, 2.24) is 19.5 Å². The Balaban J connectivity index is 1.57. The number of hydrogen-bond donors (Lipinski definition) is 2. The monoisotopic (exact) mass is 536 g/mol. The number of ether oxygens (including phenoxy) is 2. The van der Waals surface area contributed by atoms with Gasteiger partial charge in [-0.1, -0.05) is 18.2 Å². The molecule has 0 aromatic heterocycles. The molecule has 4 rings (SSSR count). The molecule has 14 heteroatoms. The highest BCUT2D eigenvalue weighted by Crippen LogP contribution is 2.38. The Morgan fingerprint density at radius 1 is 1.14 bits per heavy atom. The van der Waals surface area contributed by atoms with Gasteiger partial charge in [0.2, 0.25) is 5.91 Å². The summed E-state index contributed by atoms with van der Waals surface area (Å²) >= 11 is 0. The second kappa shape index (κ2) is 10.4. The molecular weight excluding hydrogens is 512 g/mol. The number of carbonyl (C=O) groups is 2. The lowest BCUT2D eigenvalue weighted by molar-refractivity contribution is -0.117. The van der Waals surface area contributed by atoms with E-state index in [4.69, 9.17) is 9.47 Å². The van der Waals surface area contributed by atoms with Crippen LogP contribution in [-0.2, 0) is 29.6 Å². The van der Waals surface area contributed by atoms with E-state index < -0.39 is 36.8 Å². The standard InChI is InChI=1S/C22H24N4O8S2/c1-33-21-16(8-10-19(27)23-15-25-11-13-34-14-12-25)7-9-18-20(21)22(28)26(36(18,31)32)24-35(29,30)17-5-3-2-4-6-17/h2-10,24H,11-15H2,1H3,(H,23,27). The first kappa shape index (κ1) is 25.8. The van der Waals surface area contributed by atoms with Gasteiger partial charge in [-0.3, -0.25) is 14.5 Å². The third-order valence-electron chi connectivity index (χ3n) is 5.52. The minimum Gasteiger partial charge on any atom is -0.495 e. The summed E-state index contributed by atoms with van der Waals surface area (Å²) in [6.07, 6.45) is 2.61. The van der Waals surface area contributed by atoms with Crippen molar-refractivity contribution in [3.63, 3.8) is 0 Å². The van der Waals surface area contributed by atoms with Gasteiger partial charge in [-0.15, -0.1) is 9.25 Å². The first-order valence-corrected chi connectivity index (χ1v) is 13.7. The molecule has 0 aliphatic carbocycles. The fourth-order valence-corrected chi connectivity index (χ4v) is 6.48. The molecule has 0 spiro atoms. The third-order valence-corrected chi connectivity index (χ3v) is 8.59. The highest BCUT2D eigenvalue weighted by molar-refractivity contribution is 7.93. The van der Waals surface area contributed by atoms with Crippen LogP contribution in [0.1, 0.15) is 15.9 Å². The molecule has 2 amide bonds. The van der Waals surface area contributed by atoms with Crippen LogP contribution in [0.15, 0.2) is 58.3 Å². The fourth-order valence-electron chi connectivity index (χ4n) is 3.68. The van der Waals surface area contributed by atoms with Crippen LogP contribution in [0.3, 0.4) is 0 Å². The van der Waals surface area contributed by atoms with Crippen LogP contribution in [0.4, 0.5) is 0 Å². The molecular formula is C22H24N4O8S2. The number of fused-ring (bicyclic) bond motifs is 1. The van der Waals surface area contributed by atoms with Crippen molar-refractivity contribution in [3.8, 4) is 5.75 Å². The van der Waals surface area contributed by atoms with E-state index in [0.29, 0.717) is 33.0 Å². The molecule has 192 valence electrons. The van der Waals surface area contributed by atoms with E-state index in [9.17, 15) is 26.4 Å². The number of methoxy groups -OCH3 is 1. The van der Waals surface area contributed by atoms with Gasteiger partial charge in [-0.2, -0.15) is 8.42 Å². The second-order valence-corrected chi connectivity index (χ2v) is 11.2. The summed E-state index contributed by atoms with van der Waals surface area (Å²) in [6, 6.07) is 9.56. The molecule has 0 atom stereocenters. The van der Waals surface area contributed by atoms with Crippen molar-refractivity contribution in [1.29, 1.82) is 0 Å². The normalized spacial score (nSPS) is 17.8. The Hall–Kier alpha value is -3.30. The lowest BCUT2D eigenvalue weighted by Gasteiger charge is -2.26. The number of hydrazine groups is 1. The topological polar surface area (TPSA) is 151 Å². The van der Waals surface area contributed by atoms with Crippen LogP contribution >= 0.6 is 0 Å². The van der Waals surface area contributed by atoms with Crippen molar-refractivity contribution < 1.29 is 35.9 Å². The molecule has 2 aromatic rings. The zero-order valence-electron chi connectivity index (χ0n) is 19.2. The fraction of sp³-hybridized carbons (Fsp3) is 0.273. The Morgan fingerprint density at radius 3 is 2.50 bits per heavy atom. The predicted molar refractivity (Wildman–Crippen MR) is 128 cm³/mol. The van der Waals surface area contributed by atoms with Crippen LogP contribution < -0.4 is 14.9 Å². The quantitative estimate of drug-likeness (QED) is 0.449. The minimum atomic E-state index is -4.54. The predicted octanol–water partition coefficient (Wildman–Crippen LogP) is 0.152. The van der Waals surface area contributed by atoms with Gasteiger partial charge in [-0.05, 0) is 30.3 Å². The van der Waals surface area contributed by atoms with Gasteiger partial charge in [-0.25, -0.2) is 8.42 Å². The Kier molecular flexibility index (Phi) is 7.42. The van der Waals surface area contributed by atoms with Gasteiger partial charge in [0.1, 0.15) is 16.2 Å². The van der Waals surface area contributed by atoms with E-state index in [-0.39, 0.29) is 26.2 Å². The summed E-state index contributed by atoms with van der Waals surface area (Å²) < 4.78 is 62.0. The number of nitrogens with one attached hydrogen (secondary N) is 2. The van der Waals surface area contributed by atoms with Gasteiger partial charge >= 0.3 is 0 Å². The number of nitrogens with zero attached hydrogens (tertiary/aromatic N) is 2. The maximum Gasteiger partial charge on any atom is 0.288 e. The van der Waals surface area contributed by atoms with Crippen molar-refractivity contribution in [3.05, 3.63) is 59.7 Å². The molecule has 2 aliphatic heterocycles. The Bertz CT molecular complexity index is 1400. The summed E-state index contributed by atoms with van der Waals surface area (Å²) in [7, 11) is -7.68. The van der Waals surface area contributed by atoms with Crippen LogP contribution in [0, 0.1) is 0 Å². The summed E-state index contributed by atoms with van der Waals surface area (Å²) in [5.74, 6) is -1.65. The Morgan fingerprint density at radius 2 is 1.83 bits per heavy atom. The summed E-state index contributed by atoms with van der Waals surface area (Å²) in [4.78, 5) is 28.6. The zero-order chi connectivity index (χ0) is 25.9. The molecule has 0 unspecified atom stereocenters. The molecule has 2 aromatic carbocycles. The summed E-state index contributed by atoms with van der Waals surface area (Å²) in [6.45, 7) is 2.91. The van der Waals surface area contributed by atoms with E-state index >= 15 is 0 Å². The average Bonchev–Trinajstić information content (AvgIpc) is 3.07. The lowest BCUT2D eigenvalue weighted by atomic mass is 10.1. The molecule has 36 heavy (non-hydrogen) atoms. The van der Waals surface area contributed by atoms with Crippen LogP contribution in [-0.4, -0.2) is 78.0 Å². The molecule has 12 nitrogen and oxygen atoms in total. The number of amides is 2. The summed E-state index contributed by atoms with van der Waals surface area (Å²) in [5, 5.41) is 2.74. The molecule has 2 N–H and O–H groups in total. The van der Waals surface area contributed by atoms with Gasteiger partial charge in [0.15, 0.2) is 0 Å². The first-order valence-electron chi connectivity index (χ1n) is 10.8. The number of benzene rings is 2. The van der Waals surface area contributed by atoms with Crippen molar-refractivity contribution in [2.75, 3.05) is 40.1 Å². The molecule has 0 radical (unpaired) electrons. The third kappa shape index (κ3) is 5.12. The second-order valence-electron chi connectivity index (χ2n) is 7.81. The smallest absolute Gasteiger partial charge is 0.288 e. The number of hydrogen-bond acceptors (Lipinski definition) is 9. The average molecular weight is 537 g/mol. The number of carbonyl (C=O) groups excluding carboxylic acids is 2. The number of rotatable bonds is 8. The molecule has 2 aliphatic rings. The Labute approximate surface area is 208 Å². The molecule has 0 bridgehead atoms. The molecule has 2 heterocycles. The highest BCUT2D eigenvalue weighted by atomic mass is 32.2. The first-order chi connectivity index (χ1) is 17.1. The van der Waals surface area contributed by atoms with E-state index in [1.807, 2.05) is 9.73 Å². The maximum atomic E-state index is 13.1. The van der Waals surface area contributed by atoms with Crippen LogP contribution in [0.2, 0.25) is 0 Å². The maximum absolute atomic E-state index is 13.1. The lowest BCUT2D eigenvalue weighted by Crippen LogP contribution is -2.45. The minimum absolute atomic E-state index is 0.0745. The number of morpholine rings is 1. The largest absolute Gasteiger partial charge is 0.495 e. The van der Waals surface area contributed by atoms with Crippen molar-refractivity contribution in [2.24, 2.45) is 0 Å². The van der Waals surface area contributed by atoms with E-state index in [1.165, 1.54) is 49.6 Å². The molecule has 1 saturated heterocycles. The van der Waals surface area contributed by atoms with Crippen LogP contribution in [0.25, 0.3) is 6.08 Å². The van der Waals surface area contributed by atoms with Gasteiger partial charge < -0.3 is 14.8 Å². The molecule has 0 saturated carbocycles. The SMILES string of the molecule is COc1c(C=CC(=O)NCN2CCOCC2)ccc2c1C(=O)N(NS(=O)(=O)c1ccccc1)S2(=O)=O. The van der Waals surface area contributed by atoms with Crippen molar-refractivity contribution >= 4 is 37.9 Å². The van der Waals surface area contributed by atoms with Gasteiger partial charge in [0, 0.05) is 24.7 Å². The van der Waals surface area contributed by atoms with E-state index in [0.717, 1.165) is 6.07 Å². The van der Waals surface area contributed by atoms with Gasteiger partial charge in [0.05, 0.1) is 31.9 Å². The van der Waals surface area contributed by atoms with Crippen LogP contribution in [0.5, 0.6) is 5.75 Å². The van der Waals surface area contributed by atoms with E-state index in [2.05, 4.69) is 5.32 Å². The molecule has 1 fully saturated rings. The van der Waals surface area contributed by atoms with Gasteiger partial charge in [0.25, 0.3) is 26.0 Å². The highest BCUT2D eigenvalue weighted by Gasteiger charge is 2.46.